The van der Waals surface area contributed by atoms with Crippen LogP contribution in [-0.2, 0) is 4.79 Å². The molecule has 2 amide bonds. The van der Waals surface area contributed by atoms with E-state index < -0.39 is 11.6 Å². The van der Waals surface area contributed by atoms with Crippen molar-refractivity contribution in [2.45, 2.75) is 31.4 Å². The highest BCUT2D eigenvalue weighted by Gasteiger charge is 2.46. The second-order valence-electron chi connectivity index (χ2n) is 7.18. The van der Waals surface area contributed by atoms with Gasteiger partial charge >= 0.3 is 0 Å². The molecule has 1 unspecified atom stereocenters. The van der Waals surface area contributed by atoms with E-state index >= 15 is 4.39 Å². The number of benzene rings is 1. The highest BCUT2D eigenvalue weighted by molar-refractivity contribution is 5.96. The summed E-state index contributed by atoms with van der Waals surface area (Å²) in [6.07, 6.45) is 2.50. The number of fused-ring (bicyclic) bond motifs is 1. The summed E-state index contributed by atoms with van der Waals surface area (Å²) in [4.78, 5) is 32.9. The maximum absolute atomic E-state index is 15.4. The molecule has 0 N–H and O–H groups in total. The second-order valence-corrected chi connectivity index (χ2v) is 7.18. The smallest absolute Gasteiger partial charge is 0.272 e. The first kappa shape index (κ1) is 16.9. The van der Waals surface area contributed by atoms with E-state index in [0.717, 1.165) is 23.7 Å². The number of carbonyl (C=O) groups is 2. The number of nitrogens with zero attached hydrogens (tertiary/aromatic N) is 3. The van der Waals surface area contributed by atoms with Gasteiger partial charge in [0, 0.05) is 25.0 Å². The minimum absolute atomic E-state index is 0.178. The van der Waals surface area contributed by atoms with Gasteiger partial charge in [-0.3, -0.25) is 9.59 Å². The van der Waals surface area contributed by atoms with Crippen molar-refractivity contribution in [3.63, 3.8) is 0 Å². The zero-order chi connectivity index (χ0) is 18.1. The largest absolute Gasteiger partial charge is 0.340 e. The molecule has 0 bridgehead atoms. The van der Waals surface area contributed by atoms with Gasteiger partial charge in [0.25, 0.3) is 11.8 Å². The van der Waals surface area contributed by atoms with E-state index in [4.69, 9.17) is 0 Å². The lowest BCUT2D eigenvalue weighted by Crippen LogP contribution is -2.56. The summed E-state index contributed by atoms with van der Waals surface area (Å²) in [5, 5.41) is 0.951. The van der Waals surface area contributed by atoms with Gasteiger partial charge in [0.2, 0.25) is 5.67 Å². The fourth-order valence-corrected chi connectivity index (χ4v) is 3.91. The zero-order valence-corrected chi connectivity index (χ0v) is 14.7. The minimum Gasteiger partial charge on any atom is -0.340 e. The van der Waals surface area contributed by atoms with Crippen LogP contribution in [0.15, 0.2) is 36.4 Å². The van der Waals surface area contributed by atoms with Gasteiger partial charge in [-0.15, -0.1) is 0 Å². The Bertz CT molecular complexity index is 850. The number of hydrogen-bond acceptors (Lipinski definition) is 3. The first-order chi connectivity index (χ1) is 12.6. The summed E-state index contributed by atoms with van der Waals surface area (Å²) in [6, 6.07) is 11.1. The minimum atomic E-state index is -1.98. The predicted molar refractivity (Wildman–Crippen MR) is 96.5 cm³/mol. The Labute approximate surface area is 151 Å². The Balaban J connectivity index is 1.54. The number of halogens is 1. The lowest BCUT2D eigenvalue weighted by molar-refractivity contribution is -0.146. The number of carbonyl (C=O) groups excluding carboxylic acids is 2. The van der Waals surface area contributed by atoms with E-state index in [9.17, 15) is 9.59 Å². The molecule has 2 saturated heterocycles. The van der Waals surface area contributed by atoms with Crippen LogP contribution in [0.25, 0.3) is 10.9 Å². The van der Waals surface area contributed by atoms with E-state index in [0.29, 0.717) is 31.7 Å². The van der Waals surface area contributed by atoms with Crippen molar-refractivity contribution < 1.29 is 14.0 Å². The lowest BCUT2D eigenvalue weighted by atomic mass is 9.93. The van der Waals surface area contributed by atoms with Crippen molar-refractivity contribution in [1.82, 2.24) is 14.8 Å². The van der Waals surface area contributed by atoms with Crippen molar-refractivity contribution in [1.29, 1.82) is 0 Å². The van der Waals surface area contributed by atoms with Gasteiger partial charge in [0.05, 0.1) is 12.1 Å². The Morgan fingerprint density at radius 2 is 1.69 bits per heavy atom. The van der Waals surface area contributed by atoms with Crippen molar-refractivity contribution in [2.75, 3.05) is 26.2 Å². The Morgan fingerprint density at radius 1 is 0.962 bits per heavy atom. The van der Waals surface area contributed by atoms with Crippen LogP contribution in [0.3, 0.4) is 0 Å². The van der Waals surface area contributed by atoms with E-state index in [2.05, 4.69) is 4.98 Å². The molecule has 0 aliphatic carbocycles. The summed E-state index contributed by atoms with van der Waals surface area (Å²) < 4.78 is 15.4. The van der Waals surface area contributed by atoms with Crippen molar-refractivity contribution in [2.24, 2.45) is 0 Å². The number of alkyl halides is 1. The molecule has 26 heavy (non-hydrogen) atoms. The van der Waals surface area contributed by atoms with Crippen LogP contribution in [0.1, 0.15) is 36.2 Å². The van der Waals surface area contributed by atoms with Crippen LogP contribution in [0.5, 0.6) is 0 Å². The molecule has 5 nitrogen and oxygen atoms in total. The summed E-state index contributed by atoms with van der Waals surface area (Å²) >= 11 is 0. The van der Waals surface area contributed by atoms with Crippen LogP contribution in [0, 0.1) is 0 Å². The van der Waals surface area contributed by atoms with E-state index in [1.807, 2.05) is 30.3 Å². The average Bonchev–Trinajstić information content (AvgIpc) is 3.21. The van der Waals surface area contributed by atoms with Crippen LogP contribution in [0.2, 0.25) is 0 Å². The molecule has 3 heterocycles. The number of aromatic nitrogens is 1. The molecule has 136 valence electrons. The lowest BCUT2D eigenvalue weighted by Gasteiger charge is -2.38. The van der Waals surface area contributed by atoms with Gasteiger partial charge in [-0.05, 0) is 37.8 Å². The number of pyridine rings is 1. The maximum Gasteiger partial charge on any atom is 0.272 e. The molecular weight excluding hydrogens is 333 g/mol. The summed E-state index contributed by atoms with van der Waals surface area (Å²) in [5.74, 6) is -0.773. The number of amides is 2. The van der Waals surface area contributed by atoms with Crippen LogP contribution < -0.4 is 0 Å². The summed E-state index contributed by atoms with van der Waals surface area (Å²) in [7, 11) is 0. The standard InChI is InChI=1S/C20H22FN3O2/c21-20(19(26)23-11-3-4-12-23)10-5-13-24(14-20)18(25)17-9-8-15-6-1-2-7-16(15)22-17/h1-2,6-9H,3-5,10-14H2. The second kappa shape index (κ2) is 6.67. The van der Waals surface area contributed by atoms with E-state index in [1.54, 1.807) is 11.0 Å². The van der Waals surface area contributed by atoms with Crippen LogP contribution in [-0.4, -0.2) is 58.4 Å². The monoisotopic (exact) mass is 355 g/mol. The first-order valence-electron chi connectivity index (χ1n) is 9.20. The highest BCUT2D eigenvalue weighted by atomic mass is 19.1. The molecule has 2 fully saturated rings. The zero-order valence-electron chi connectivity index (χ0n) is 14.7. The van der Waals surface area contributed by atoms with Gasteiger partial charge < -0.3 is 9.80 Å². The third kappa shape index (κ3) is 3.04. The molecule has 4 rings (SSSR count). The number of likely N-dealkylation sites (tertiary alicyclic amines) is 2. The van der Waals surface area contributed by atoms with Gasteiger partial charge in [0.15, 0.2) is 0 Å². The molecule has 1 atom stereocenters. The molecule has 2 aliphatic rings. The fourth-order valence-electron chi connectivity index (χ4n) is 3.91. The van der Waals surface area contributed by atoms with Gasteiger partial charge in [-0.25, -0.2) is 9.37 Å². The third-order valence-corrected chi connectivity index (χ3v) is 5.32. The molecule has 2 aromatic rings. The quantitative estimate of drug-likeness (QED) is 0.832. The summed E-state index contributed by atoms with van der Waals surface area (Å²) in [5.41, 5.74) is -0.952. The van der Waals surface area contributed by atoms with Crippen molar-refractivity contribution in [3.05, 3.63) is 42.1 Å². The summed E-state index contributed by atoms with van der Waals surface area (Å²) in [6.45, 7) is 1.50. The molecule has 0 saturated carbocycles. The number of hydrogen-bond donors (Lipinski definition) is 0. The van der Waals surface area contributed by atoms with Crippen molar-refractivity contribution in [3.8, 4) is 0 Å². The molecular formula is C20H22FN3O2. The topological polar surface area (TPSA) is 53.5 Å². The van der Waals surface area contributed by atoms with Crippen LogP contribution in [0.4, 0.5) is 4.39 Å². The van der Waals surface area contributed by atoms with Gasteiger partial charge in [-0.2, -0.15) is 0 Å². The number of piperidine rings is 1. The normalized spacial score (nSPS) is 23.4. The van der Waals surface area contributed by atoms with Crippen molar-refractivity contribution >= 4 is 22.7 Å². The maximum atomic E-state index is 15.4. The Morgan fingerprint density at radius 3 is 2.50 bits per heavy atom. The molecule has 0 radical (unpaired) electrons. The molecule has 2 aliphatic heterocycles. The van der Waals surface area contributed by atoms with Gasteiger partial charge in [0.1, 0.15) is 5.69 Å². The van der Waals surface area contributed by atoms with E-state index in [1.165, 1.54) is 4.90 Å². The molecule has 1 aromatic carbocycles. The Kier molecular flexibility index (Phi) is 4.34. The number of rotatable bonds is 2. The average molecular weight is 355 g/mol. The molecule has 0 spiro atoms. The van der Waals surface area contributed by atoms with Crippen LogP contribution >= 0.6 is 0 Å². The molecule has 1 aromatic heterocycles. The van der Waals surface area contributed by atoms with Gasteiger partial charge in [-0.1, -0.05) is 24.3 Å². The first-order valence-corrected chi connectivity index (χ1v) is 9.20. The highest BCUT2D eigenvalue weighted by Crippen LogP contribution is 2.30. The predicted octanol–water partition coefficient (Wildman–Crippen LogP) is 2.80. The third-order valence-electron chi connectivity index (χ3n) is 5.32. The fraction of sp³-hybridized carbons (Fsp3) is 0.450. The SMILES string of the molecule is O=C(c1ccc2ccccc2n1)N1CCCC(F)(C(=O)N2CCCC2)C1. The van der Waals surface area contributed by atoms with E-state index in [-0.39, 0.29) is 18.9 Å². The Hall–Kier alpha value is -2.50. The number of para-hydroxylation sites is 1. The molecule has 6 heteroatoms.